The van der Waals surface area contributed by atoms with E-state index in [4.69, 9.17) is 5.11 Å². The third kappa shape index (κ3) is 8.71. The van der Waals surface area contributed by atoms with Gasteiger partial charge in [-0.15, -0.1) is 0 Å². The minimum Gasteiger partial charge on any atom is -1.00 e. The van der Waals surface area contributed by atoms with E-state index in [1.54, 1.807) is 0 Å². The summed E-state index contributed by atoms with van der Waals surface area (Å²) in [5.41, 5.74) is 0. The van der Waals surface area contributed by atoms with Gasteiger partial charge in [-0.3, -0.25) is 4.31 Å². The molecule has 0 saturated heterocycles. The topological polar surface area (TPSA) is 40.5 Å². The van der Waals surface area contributed by atoms with Gasteiger partial charge in [-0.1, -0.05) is 39.0 Å². The van der Waals surface area contributed by atoms with E-state index >= 15 is 0 Å². The summed E-state index contributed by atoms with van der Waals surface area (Å²) < 4.78 is 1.02. The van der Waals surface area contributed by atoms with Gasteiger partial charge in [0.15, 0.2) is 0 Å². The van der Waals surface area contributed by atoms with Crippen LogP contribution in [0.5, 0.6) is 0 Å². The van der Waals surface area contributed by atoms with Crippen LogP contribution in [-0.4, -0.2) is 22.0 Å². The summed E-state index contributed by atoms with van der Waals surface area (Å²) >= 11 is 3.76. The number of carboxylic acid groups (broad SMARTS) is 1. The summed E-state index contributed by atoms with van der Waals surface area (Å²) in [5, 5.41) is 8.39. The van der Waals surface area contributed by atoms with Gasteiger partial charge in [-0.2, -0.15) is 0 Å². The Morgan fingerprint density at radius 2 is 2.08 bits per heavy atom. The first-order valence-electron chi connectivity index (χ1n) is 3.87. The van der Waals surface area contributed by atoms with E-state index in [1.165, 1.54) is 12.8 Å². The van der Waals surface area contributed by atoms with Crippen LogP contribution in [0.4, 0.5) is 4.79 Å². The van der Waals surface area contributed by atoms with Gasteiger partial charge in [0.05, 0.1) is 0 Å². The molecule has 12 heavy (non-hydrogen) atoms. The first kappa shape index (κ1) is 15.1. The summed E-state index contributed by atoms with van der Waals surface area (Å²) in [5.74, 6) is 0. The Balaban J connectivity index is -0.000000500. The SMILES string of the molecule is CCCCCCN(S)C(=O)O.[H-].[Na+]. The van der Waals surface area contributed by atoms with Crippen LogP contribution in [0.2, 0.25) is 0 Å². The van der Waals surface area contributed by atoms with Crippen LogP contribution in [0.25, 0.3) is 0 Å². The Labute approximate surface area is 103 Å². The number of amides is 1. The van der Waals surface area contributed by atoms with E-state index in [0.717, 1.165) is 17.1 Å². The minimum absolute atomic E-state index is 0. The average Bonchev–Trinajstić information content (AvgIpc) is 1.97. The van der Waals surface area contributed by atoms with E-state index in [-0.39, 0.29) is 31.0 Å². The van der Waals surface area contributed by atoms with Crippen LogP contribution < -0.4 is 29.6 Å². The fourth-order valence-electron chi connectivity index (χ4n) is 0.784. The number of carbonyl (C=O) groups is 1. The molecule has 0 aliphatic rings. The van der Waals surface area contributed by atoms with Gasteiger partial charge in [-0.25, -0.2) is 4.79 Å². The van der Waals surface area contributed by atoms with Crippen LogP contribution in [0, 0.1) is 0 Å². The molecule has 0 heterocycles. The summed E-state index contributed by atoms with van der Waals surface area (Å²) in [6.07, 6.45) is 3.36. The molecule has 1 N–H and O–H groups in total. The smallest absolute Gasteiger partial charge is 1.00 e. The predicted octanol–water partition coefficient (Wildman–Crippen LogP) is -0.492. The van der Waals surface area contributed by atoms with Crippen molar-refractivity contribution in [1.29, 1.82) is 0 Å². The number of unbranched alkanes of at least 4 members (excludes halogenated alkanes) is 3. The summed E-state index contributed by atoms with van der Waals surface area (Å²) in [7, 11) is 0. The van der Waals surface area contributed by atoms with Crippen molar-refractivity contribution in [3.8, 4) is 0 Å². The molecular formula is C7H16NNaO2S. The fourth-order valence-corrected chi connectivity index (χ4v) is 0.925. The number of hydrogen-bond donors (Lipinski definition) is 2. The van der Waals surface area contributed by atoms with E-state index in [0.29, 0.717) is 6.54 Å². The molecule has 3 nitrogen and oxygen atoms in total. The molecule has 0 aromatic heterocycles. The van der Waals surface area contributed by atoms with Crippen LogP contribution in [-0.2, 0) is 0 Å². The molecule has 0 fully saturated rings. The molecule has 1 amide bonds. The maximum atomic E-state index is 10.2. The van der Waals surface area contributed by atoms with Gasteiger partial charge in [0.2, 0.25) is 0 Å². The first-order valence-corrected chi connectivity index (χ1v) is 4.27. The zero-order valence-electron chi connectivity index (χ0n) is 8.79. The van der Waals surface area contributed by atoms with Crippen molar-refractivity contribution in [1.82, 2.24) is 4.31 Å². The van der Waals surface area contributed by atoms with Crippen LogP contribution in [0.15, 0.2) is 0 Å². The van der Waals surface area contributed by atoms with Gasteiger partial charge >= 0.3 is 35.7 Å². The Bertz CT molecular complexity index is 129. The average molecular weight is 201 g/mol. The number of thiol groups is 1. The molecule has 0 aliphatic carbocycles. The van der Waals surface area contributed by atoms with Gasteiger partial charge in [0, 0.05) is 6.54 Å². The third-order valence-electron chi connectivity index (χ3n) is 1.44. The zero-order chi connectivity index (χ0) is 8.69. The monoisotopic (exact) mass is 201 g/mol. The normalized spacial score (nSPS) is 8.83. The second-order valence-electron chi connectivity index (χ2n) is 2.47. The molecule has 0 bridgehead atoms. The van der Waals surface area contributed by atoms with Crippen LogP contribution in [0.3, 0.4) is 0 Å². The van der Waals surface area contributed by atoms with Crippen molar-refractivity contribution in [2.75, 3.05) is 6.54 Å². The molecular weight excluding hydrogens is 185 g/mol. The molecule has 0 aromatic rings. The minimum atomic E-state index is -0.968. The molecule has 0 radical (unpaired) electrons. The predicted molar refractivity (Wildman–Crippen MR) is 49.0 cm³/mol. The van der Waals surface area contributed by atoms with E-state index in [1.807, 2.05) is 0 Å². The number of rotatable bonds is 5. The number of hydrogen-bond acceptors (Lipinski definition) is 2. The second kappa shape index (κ2) is 9.71. The second-order valence-corrected chi connectivity index (χ2v) is 2.95. The van der Waals surface area contributed by atoms with Gasteiger partial charge in [0.1, 0.15) is 0 Å². The van der Waals surface area contributed by atoms with Crippen molar-refractivity contribution >= 4 is 18.9 Å². The van der Waals surface area contributed by atoms with Crippen molar-refractivity contribution < 1.29 is 40.9 Å². The fraction of sp³-hybridized carbons (Fsp3) is 0.857. The van der Waals surface area contributed by atoms with Gasteiger partial charge in [-0.05, 0) is 6.42 Å². The summed E-state index contributed by atoms with van der Waals surface area (Å²) in [6, 6.07) is 0. The molecule has 0 aliphatic heterocycles. The van der Waals surface area contributed by atoms with Gasteiger partial charge in [0.25, 0.3) is 0 Å². The van der Waals surface area contributed by atoms with E-state index in [2.05, 4.69) is 19.7 Å². The van der Waals surface area contributed by atoms with E-state index < -0.39 is 6.09 Å². The van der Waals surface area contributed by atoms with E-state index in [9.17, 15) is 4.79 Å². The molecule has 0 unspecified atom stereocenters. The van der Waals surface area contributed by atoms with Crippen LogP contribution >= 0.6 is 12.8 Å². The molecule has 5 heteroatoms. The summed E-state index contributed by atoms with van der Waals surface area (Å²) in [4.78, 5) is 10.2. The molecule has 0 saturated carbocycles. The maximum absolute atomic E-state index is 10.2. The molecule has 68 valence electrons. The Morgan fingerprint density at radius 1 is 1.50 bits per heavy atom. The first-order chi connectivity index (χ1) is 5.18. The molecule has 0 rings (SSSR count). The Hall–Kier alpha value is 0.620. The van der Waals surface area contributed by atoms with Gasteiger partial charge < -0.3 is 6.53 Å². The maximum Gasteiger partial charge on any atom is 1.00 e. The largest absolute Gasteiger partial charge is 1.00 e. The molecule has 0 aromatic carbocycles. The standard InChI is InChI=1S/C7H15NO2S.Na.H/c1-2-3-4-5-6-8(11)7(9)10;;/h11H,2-6H2,1H3,(H,9,10);;/q;+1;-1. The third-order valence-corrected chi connectivity index (χ3v) is 1.82. The molecule has 0 spiro atoms. The van der Waals surface area contributed by atoms with Crippen LogP contribution in [0.1, 0.15) is 34.0 Å². The quantitative estimate of drug-likeness (QED) is 0.358. The zero-order valence-corrected chi connectivity index (χ0v) is 10.7. The Morgan fingerprint density at radius 3 is 2.50 bits per heavy atom. The number of nitrogens with zero attached hydrogens (tertiary/aromatic N) is 1. The van der Waals surface area contributed by atoms with Crippen molar-refractivity contribution in [2.24, 2.45) is 0 Å². The van der Waals surface area contributed by atoms with Crippen molar-refractivity contribution in [2.45, 2.75) is 32.6 Å². The van der Waals surface area contributed by atoms with Crippen molar-refractivity contribution in [3.63, 3.8) is 0 Å². The van der Waals surface area contributed by atoms with Crippen molar-refractivity contribution in [3.05, 3.63) is 0 Å². The Kier molecular flexibility index (Phi) is 12.2. The summed E-state index contributed by atoms with van der Waals surface area (Å²) in [6.45, 7) is 2.65. The molecule has 0 atom stereocenters.